The summed E-state index contributed by atoms with van der Waals surface area (Å²) in [5, 5.41) is 9.20. The highest BCUT2D eigenvalue weighted by Crippen LogP contribution is 2.32. The van der Waals surface area contributed by atoms with Gasteiger partial charge in [-0.3, -0.25) is 0 Å². The van der Waals surface area contributed by atoms with Gasteiger partial charge in [0.1, 0.15) is 0 Å². The summed E-state index contributed by atoms with van der Waals surface area (Å²) in [5.41, 5.74) is 0.302. The van der Waals surface area contributed by atoms with Crippen LogP contribution in [0.3, 0.4) is 0 Å². The summed E-state index contributed by atoms with van der Waals surface area (Å²) in [6, 6.07) is 7.10. The lowest BCUT2D eigenvalue weighted by atomic mass is 9.82. The van der Waals surface area contributed by atoms with Gasteiger partial charge < -0.3 is 9.47 Å². The first-order valence-corrected chi connectivity index (χ1v) is 5.50. The van der Waals surface area contributed by atoms with Crippen LogP contribution in [0.2, 0.25) is 0 Å². The molecule has 1 aliphatic rings. The zero-order valence-electron chi connectivity index (χ0n) is 9.70. The topological polar surface area (TPSA) is 42.2 Å². The summed E-state index contributed by atoms with van der Waals surface area (Å²) < 4.78 is 23.6. The summed E-state index contributed by atoms with van der Waals surface area (Å²) in [6.07, 6.45) is 1.22. The van der Waals surface area contributed by atoms with Gasteiger partial charge in [-0.15, -0.1) is 0 Å². The van der Waals surface area contributed by atoms with Crippen LogP contribution in [0.4, 0.5) is 4.39 Å². The molecule has 90 valence electrons. The molecule has 0 aliphatic carbocycles. The molecule has 1 aliphatic heterocycles. The predicted octanol–water partition coefficient (Wildman–Crippen LogP) is 2.31. The molecule has 4 heteroatoms. The molecule has 1 atom stereocenters. The normalized spacial score (nSPS) is 23.4. The maximum atomic E-state index is 13.5. The molecule has 1 fully saturated rings. The highest BCUT2D eigenvalue weighted by atomic mass is 19.1. The van der Waals surface area contributed by atoms with Gasteiger partial charge in [-0.2, -0.15) is 5.26 Å². The maximum absolute atomic E-state index is 13.5. The Bertz CT molecular complexity index is 447. The summed E-state index contributed by atoms with van der Waals surface area (Å²) in [7, 11) is 1.43. The largest absolute Gasteiger partial charge is 0.494 e. The quantitative estimate of drug-likeness (QED) is 0.807. The number of benzene rings is 1. The van der Waals surface area contributed by atoms with Crippen LogP contribution in [0, 0.1) is 22.6 Å². The highest BCUT2D eigenvalue weighted by Gasteiger charge is 2.35. The minimum atomic E-state index is -0.499. The molecule has 0 saturated carbocycles. The second kappa shape index (κ2) is 4.72. The smallest absolute Gasteiger partial charge is 0.165 e. The van der Waals surface area contributed by atoms with Crippen molar-refractivity contribution in [3.63, 3.8) is 0 Å². The van der Waals surface area contributed by atoms with E-state index < -0.39 is 11.2 Å². The molecule has 0 radical (unpaired) electrons. The van der Waals surface area contributed by atoms with Crippen LogP contribution in [0.1, 0.15) is 12.0 Å². The van der Waals surface area contributed by atoms with Crippen molar-refractivity contribution in [2.45, 2.75) is 12.8 Å². The first kappa shape index (κ1) is 11.9. The van der Waals surface area contributed by atoms with Gasteiger partial charge in [0.25, 0.3) is 0 Å². The van der Waals surface area contributed by atoms with E-state index in [0.29, 0.717) is 26.1 Å². The van der Waals surface area contributed by atoms with Crippen LogP contribution in [0.15, 0.2) is 18.2 Å². The lowest BCUT2D eigenvalue weighted by Gasteiger charge is -2.18. The summed E-state index contributed by atoms with van der Waals surface area (Å²) >= 11 is 0. The fourth-order valence-corrected chi connectivity index (χ4v) is 2.08. The molecule has 2 rings (SSSR count). The Hall–Kier alpha value is -1.60. The van der Waals surface area contributed by atoms with E-state index in [2.05, 4.69) is 6.07 Å². The number of nitriles is 1. The molecule has 17 heavy (non-hydrogen) atoms. The third kappa shape index (κ3) is 2.40. The van der Waals surface area contributed by atoms with Gasteiger partial charge in [0.05, 0.1) is 25.2 Å². The predicted molar refractivity (Wildman–Crippen MR) is 60.1 cm³/mol. The Labute approximate surface area is 99.8 Å². The van der Waals surface area contributed by atoms with Crippen LogP contribution in [0.25, 0.3) is 0 Å². The van der Waals surface area contributed by atoms with E-state index >= 15 is 0 Å². The van der Waals surface area contributed by atoms with Crippen LogP contribution in [-0.4, -0.2) is 20.3 Å². The third-order valence-corrected chi connectivity index (χ3v) is 3.10. The monoisotopic (exact) mass is 235 g/mol. The molecule has 1 aromatic carbocycles. The van der Waals surface area contributed by atoms with E-state index in [4.69, 9.17) is 9.47 Å². The number of hydrogen-bond acceptors (Lipinski definition) is 3. The van der Waals surface area contributed by atoms with E-state index in [1.54, 1.807) is 12.1 Å². The average molecular weight is 235 g/mol. The molecule has 3 nitrogen and oxygen atoms in total. The van der Waals surface area contributed by atoms with Gasteiger partial charge in [-0.25, -0.2) is 4.39 Å². The average Bonchev–Trinajstić information content (AvgIpc) is 2.79. The Morgan fingerprint density at radius 3 is 2.94 bits per heavy atom. The van der Waals surface area contributed by atoms with E-state index in [-0.39, 0.29) is 5.75 Å². The number of halogens is 1. The number of hydrogen-bond donors (Lipinski definition) is 0. The first-order valence-electron chi connectivity index (χ1n) is 5.50. The van der Waals surface area contributed by atoms with Crippen LogP contribution in [-0.2, 0) is 11.2 Å². The van der Waals surface area contributed by atoms with Gasteiger partial charge in [-0.05, 0) is 30.5 Å². The van der Waals surface area contributed by atoms with E-state index in [1.165, 1.54) is 13.2 Å². The van der Waals surface area contributed by atoms with Crippen LogP contribution in [0.5, 0.6) is 5.75 Å². The fourth-order valence-electron chi connectivity index (χ4n) is 2.08. The molecule has 0 amide bonds. The highest BCUT2D eigenvalue weighted by molar-refractivity contribution is 5.30. The van der Waals surface area contributed by atoms with Crippen molar-refractivity contribution in [2.24, 2.45) is 5.41 Å². The van der Waals surface area contributed by atoms with Crippen LogP contribution < -0.4 is 4.74 Å². The summed E-state index contributed by atoms with van der Waals surface area (Å²) in [6.45, 7) is 1.03. The zero-order chi connectivity index (χ0) is 12.3. The molecule has 1 aromatic rings. The van der Waals surface area contributed by atoms with Crippen molar-refractivity contribution in [2.75, 3.05) is 20.3 Å². The Balaban J connectivity index is 2.19. The van der Waals surface area contributed by atoms with Crippen molar-refractivity contribution in [1.82, 2.24) is 0 Å². The molecule has 1 heterocycles. The van der Waals surface area contributed by atoms with Crippen molar-refractivity contribution < 1.29 is 13.9 Å². The van der Waals surface area contributed by atoms with E-state index in [0.717, 1.165) is 5.56 Å². The van der Waals surface area contributed by atoms with Gasteiger partial charge in [0.15, 0.2) is 11.6 Å². The SMILES string of the molecule is COc1ccc(CC2(C#N)CCOC2)cc1F. The molecular weight excluding hydrogens is 221 g/mol. The molecule has 0 spiro atoms. The van der Waals surface area contributed by atoms with Gasteiger partial charge in [0.2, 0.25) is 0 Å². The summed E-state index contributed by atoms with van der Waals surface area (Å²) in [4.78, 5) is 0. The standard InChI is InChI=1S/C13H14FNO2/c1-16-12-3-2-10(6-11(12)14)7-13(8-15)4-5-17-9-13/h2-3,6H,4-5,7,9H2,1H3. The minimum Gasteiger partial charge on any atom is -0.494 e. The van der Waals surface area contributed by atoms with Gasteiger partial charge in [-0.1, -0.05) is 6.07 Å². The lowest BCUT2D eigenvalue weighted by molar-refractivity contribution is 0.171. The fraction of sp³-hybridized carbons (Fsp3) is 0.462. The Morgan fingerprint density at radius 1 is 1.59 bits per heavy atom. The van der Waals surface area contributed by atoms with Crippen molar-refractivity contribution in [3.8, 4) is 11.8 Å². The van der Waals surface area contributed by atoms with Crippen molar-refractivity contribution in [1.29, 1.82) is 5.26 Å². The Kier molecular flexibility index (Phi) is 3.30. The Morgan fingerprint density at radius 2 is 2.41 bits per heavy atom. The number of rotatable bonds is 3. The molecule has 1 saturated heterocycles. The van der Waals surface area contributed by atoms with Crippen molar-refractivity contribution >= 4 is 0 Å². The molecular formula is C13H14FNO2. The van der Waals surface area contributed by atoms with Crippen LogP contribution >= 0.6 is 0 Å². The number of ether oxygens (including phenoxy) is 2. The zero-order valence-corrected chi connectivity index (χ0v) is 9.70. The second-order valence-electron chi connectivity index (χ2n) is 4.34. The molecule has 0 aromatic heterocycles. The number of methoxy groups -OCH3 is 1. The van der Waals surface area contributed by atoms with E-state index in [9.17, 15) is 9.65 Å². The minimum absolute atomic E-state index is 0.224. The maximum Gasteiger partial charge on any atom is 0.165 e. The molecule has 1 unspecified atom stereocenters. The summed E-state index contributed by atoms with van der Waals surface area (Å²) in [5.74, 6) is -0.167. The van der Waals surface area contributed by atoms with Crippen molar-refractivity contribution in [3.05, 3.63) is 29.6 Å². The van der Waals surface area contributed by atoms with E-state index in [1.807, 2.05) is 0 Å². The number of nitrogens with zero attached hydrogens (tertiary/aromatic N) is 1. The molecule has 0 N–H and O–H groups in total. The third-order valence-electron chi connectivity index (χ3n) is 3.10. The lowest BCUT2D eigenvalue weighted by Crippen LogP contribution is -2.21. The first-order chi connectivity index (χ1) is 8.19. The van der Waals surface area contributed by atoms with Gasteiger partial charge in [0, 0.05) is 6.61 Å². The molecule has 0 bridgehead atoms. The van der Waals surface area contributed by atoms with Gasteiger partial charge >= 0.3 is 0 Å². The second-order valence-corrected chi connectivity index (χ2v) is 4.34.